The van der Waals surface area contributed by atoms with Crippen molar-refractivity contribution in [3.63, 3.8) is 0 Å². The number of nitrogens with one attached hydrogen (secondary N) is 1. The van der Waals surface area contributed by atoms with Gasteiger partial charge in [0.2, 0.25) is 0 Å². The van der Waals surface area contributed by atoms with Crippen molar-refractivity contribution in [3.05, 3.63) is 70.7 Å². The number of amides is 1. The SMILES string of the molecule is Cc1noc(C)c1-c1ccc2c(Nc3cccc(C(=O)O)c3C(=O)O)c(C(N)=O)cnc2c1. The summed E-state index contributed by atoms with van der Waals surface area (Å²) in [5.74, 6) is -2.98. The maximum Gasteiger partial charge on any atom is 0.338 e. The summed E-state index contributed by atoms with van der Waals surface area (Å²) in [5.41, 5.74) is 7.72. The second kappa shape index (κ2) is 8.08. The number of aromatic carboxylic acids is 2. The average molecular weight is 446 g/mol. The van der Waals surface area contributed by atoms with Gasteiger partial charge in [-0.2, -0.15) is 0 Å². The number of pyridine rings is 1. The molecule has 2 aromatic carbocycles. The highest BCUT2D eigenvalue weighted by Gasteiger charge is 2.22. The largest absolute Gasteiger partial charge is 0.478 e. The molecule has 0 aliphatic carbocycles. The minimum Gasteiger partial charge on any atom is -0.478 e. The van der Waals surface area contributed by atoms with E-state index in [-0.39, 0.29) is 16.9 Å². The van der Waals surface area contributed by atoms with Gasteiger partial charge in [0.15, 0.2) is 0 Å². The molecule has 0 unspecified atom stereocenters. The molecule has 0 atom stereocenters. The van der Waals surface area contributed by atoms with Crippen molar-refractivity contribution >= 4 is 40.1 Å². The topological polar surface area (TPSA) is 169 Å². The number of rotatable bonds is 6. The molecular weight excluding hydrogens is 428 g/mol. The van der Waals surface area contributed by atoms with Crippen LogP contribution in [0.2, 0.25) is 0 Å². The molecule has 0 bridgehead atoms. The first kappa shape index (κ1) is 21.5. The Bertz CT molecular complexity index is 1440. The maximum absolute atomic E-state index is 12.1. The lowest BCUT2D eigenvalue weighted by Gasteiger charge is -2.16. The van der Waals surface area contributed by atoms with Crippen LogP contribution in [0.25, 0.3) is 22.0 Å². The maximum atomic E-state index is 12.1. The highest BCUT2D eigenvalue weighted by molar-refractivity contribution is 6.11. The van der Waals surface area contributed by atoms with Crippen molar-refractivity contribution in [3.8, 4) is 11.1 Å². The van der Waals surface area contributed by atoms with Gasteiger partial charge in [0, 0.05) is 17.1 Å². The van der Waals surface area contributed by atoms with E-state index >= 15 is 0 Å². The molecule has 0 saturated carbocycles. The molecule has 0 spiro atoms. The van der Waals surface area contributed by atoms with E-state index in [4.69, 9.17) is 10.3 Å². The van der Waals surface area contributed by atoms with Crippen molar-refractivity contribution in [1.29, 1.82) is 0 Å². The van der Waals surface area contributed by atoms with Crippen LogP contribution in [0.1, 0.15) is 42.5 Å². The lowest BCUT2D eigenvalue weighted by atomic mass is 10.00. The van der Waals surface area contributed by atoms with Crippen LogP contribution in [0.5, 0.6) is 0 Å². The number of carbonyl (C=O) groups is 3. The third-order valence-electron chi connectivity index (χ3n) is 5.23. The van der Waals surface area contributed by atoms with Gasteiger partial charge in [0.25, 0.3) is 5.91 Å². The molecule has 2 aromatic heterocycles. The van der Waals surface area contributed by atoms with E-state index in [2.05, 4.69) is 15.5 Å². The molecule has 10 heteroatoms. The third-order valence-corrected chi connectivity index (χ3v) is 5.23. The van der Waals surface area contributed by atoms with Gasteiger partial charge in [0.05, 0.1) is 39.3 Å². The summed E-state index contributed by atoms with van der Waals surface area (Å²) in [7, 11) is 0. The highest BCUT2D eigenvalue weighted by atomic mass is 16.5. The number of nitrogens with zero attached hydrogens (tertiary/aromatic N) is 2. The summed E-state index contributed by atoms with van der Waals surface area (Å²) in [6.45, 7) is 3.61. The fourth-order valence-electron chi connectivity index (χ4n) is 3.77. The molecule has 0 aliphatic rings. The minimum absolute atomic E-state index is 0.00722. The normalized spacial score (nSPS) is 10.8. The van der Waals surface area contributed by atoms with Crippen LogP contribution in [0.3, 0.4) is 0 Å². The van der Waals surface area contributed by atoms with Gasteiger partial charge in [-0.25, -0.2) is 9.59 Å². The van der Waals surface area contributed by atoms with Crippen molar-refractivity contribution in [1.82, 2.24) is 10.1 Å². The van der Waals surface area contributed by atoms with Crippen molar-refractivity contribution in [2.24, 2.45) is 5.73 Å². The fraction of sp³-hybridized carbons (Fsp3) is 0.0870. The number of benzene rings is 2. The van der Waals surface area contributed by atoms with Gasteiger partial charge < -0.3 is 25.8 Å². The molecule has 0 radical (unpaired) electrons. The van der Waals surface area contributed by atoms with E-state index in [0.717, 1.165) is 11.1 Å². The van der Waals surface area contributed by atoms with Crippen molar-refractivity contribution in [2.75, 3.05) is 5.32 Å². The third kappa shape index (κ3) is 3.74. The number of aryl methyl sites for hydroxylation is 2. The number of carboxylic acid groups (broad SMARTS) is 2. The number of nitrogens with two attached hydrogens (primary N) is 1. The second-order valence-corrected chi connectivity index (χ2v) is 7.31. The Kier molecular flexibility index (Phi) is 5.26. The molecular formula is C23H18N4O6. The zero-order valence-electron chi connectivity index (χ0n) is 17.5. The molecule has 5 N–H and O–H groups in total. The molecule has 2 heterocycles. The predicted octanol–water partition coefficient (Wildman–Crippen LogP) is 3.75. The van der Waals surface area contributed by atoms with Crippen LogP contribution in [-0.4, -0.2) is 38.2 Å². The lowest BCUT2D eigenvalue weighted by Crippen LogP contribution is -2.16. The summed E-state index contributed by atoms with van der Waals surface area (Å²) in [4.78, 5) is 39.8. The standard InChI is InChI=1S/C23H18N4O6/c1-10-18(11(2)33-27-10)12-6-7-13-17(8-12)25-9-15(21(24)28)20(13)26-16-5-3-4-14(22(29)30)19(16)23(31)32/h3-9H,1-2H3,(H2,24,28)(H,25,26)(H,29,30)(H,31,32). The Labute approximate surface area is 186 Å². The van der Waals surface area contributed by atoms with Gasteiger partial charge >= 0.3 is 11.9 Å². The van der Waals surface area contributed by atoms with Crippen LogP contribution >= 0.6 is 0 Å². The zero-order chi connectivity index (χ0) is 23.9. The first-order chi connectivity index (χ1) is 15.7. The molecule has 0 saturated heterocycles. The number of aromatic nitrogens is 2. The molecule has 4 rings (SSSR count). The van der Waals surface area contributed by atoms with E-state index in [9.17, 15) is 24.6 Å². The molecule has 0 aliphatic heterocycles. The van der Waals surface area contributed by atoms with Crippen LogP contribution < -0.4 is 11.1 Å². The summed E-state index contributed by atoms with van der Waals surface area (Å²) < 4.78 is 5.23. The number of anilines is 2. The molecule has 0 fully saturated rings. The second-order valence-electron chi connectivity index (χ2n) is 7.31. The first-order valence-electron chi connectivity index (χ1n) is 9.71. The Morgan fingerprint density at radius 3 is 2.39 bits per heavy atom. The lowest BCUT2D eigenvalue weighted by molar-refractivity contribution is 0.0652. The van der Waals surface area contributed by atoms with E-state index < -0.39 is 29.0 Å². The minimum atomic E-state index is -1.44. The van der Waals surface area contributed by atoms with E-state index in [1.54, 1.807) is 25.1 Å². The van der Waals surface area contributed by atoms with Crippen LogP contribution in [0, 0.1) is 13.8 Å². The smallest absolute Gasteiger partial charge is 0.338 e. The number of hydrogen-bond donors (Lipinski definition) is 4. The van der Waals surface area contributed by atoms with E-state index in [0.29, 0.717) is 22.4 Å². The number of hydrogen-bond acceptors (Lipinski definition) is 7. The van der Waals surface area contributed by atoms with Crippen molar-refractivity contribution < 1.29 is 29.1 Å². The number of fused-ring (bicyclic) bond motifs is 1. The summed E-state index contributed by atoms with van der Waals surface area (Å²) in [6.07, 6.45) is 1.28. The Hall–Kier alpha value is -4.73. The first-order valence-corrected chi connectivity index (χ1v) is 9.71. The van der Waals surface area contributed by atoms with Crippen LogP contribution in [0.4, 0.5) is 11.4 Å². The van der Waals surface area contributed by atoms with Gasteiger partial charge in [-0.05, 0) is 37.6 Å². The molecule has 10 nitrogen and oxygen atoms in total. The quantitative estimate of drug-likeness (QED) is 0.344. The van der Waals surface area contributed by atoms with Crippen LogP contribution in [-0.2, 0) is 0 Å². The zero-order valence-corrected chi connectivity index (χ0v) is 17.5. The van der Waals surface area contributed by atoms with E-state index in [1.807, 2.05) is 6.92 Å². The number of carbonyl (C=O) groups excluding carboxylic acids is 1. The number of carboxylic acids is 2. The predicted molar refractivity (Wildman–Crippen MR) is 119 cm³/mol. The van der Waals surface area contributed by atoms with Gasteiger partial charge in [-0.3, -0.25) is 9.78 Å². The average Bonchev–Trinajstić information content (AvgIpc) is 3.10. The summed E-state index contributed by atoms with van der Waals surface area (Å²) in [5, 5.41) is 26.4. The van der Waals surface area contributed by atoms with Gasteiger partial charge in [-0.1, -0.05) is 23.4 Å². The molecule has 33 heavy (non-hydrogen) atoms. The summed E-state index contributed by atoms with van der Waals surface area (Å²) >= 11 is 0. The highest BCUT2D eigenvalue weighted by Crippen LogP contribution is 2.35. The number of primary amides is 1. The van der Waals surface area contributed by atoms with Crippen molar-refractivity contribution in [2.45, 2.75) is 13.8 Å². The Morgan fingerprint density at radius 2 is 1.79 bits per heavy atom. The van der Waals surface area contributed by atoms with Crippen LogP contribution in [0.15, 0.2) is 47.1 Å². The molecule has 1 amide bonds. The Balaban J connectivity index is 1.93. The molecule has 4 aromatic rings. The van der Waals surface area contributed by atoms with Gasteiger partial charge in [0.1, 0.15) is 5.76 Å². The Morgan fingerprint density at radius 1 is 1.03 bits per heavy atom. The van der Waals surface area contributed by atoms with E-state index in [1.165, 1.54) is 24.4 Å². The fourth-order valence-corrected chi connectivity index (χ4v) is 3.77. The molecule has 166 valence electrons. The summed E-state index contributed by atoms with van der Waals surface area (Å²) in [6, 6.07) is 9.28. The monoisotopic (exact) mass is 446 g/mol. The van der Waals surface area contributed by atoms with Gasteiger partial charge in [-0.15, -0.1) is 0 Å².